The zero-order valence-corrected chi connectivity index (χ0v) is 17.5. The molecule has 1 aromatic carbocycles. The number of nitrogens with one attached hydrogen (secondary N) is 1. The Morgan fingerprint density at radius 2 is 1.75 bits per heavy atom. The van der Waals surface area contributed by atoms with Crippen molar-refractivity contribution < 1.29 is 14.3 Å². The van der Waals surface area contributed by atoms with Crippen LogP contribution in [0.4, 0.5) is 0 Å². The van der Waals surface area contributed by atoms with Gasteiger partial charge in [-0.1, -0.05) is 12.1 Å². The molecular formula is C23H34N2O3. The first-order valence-corrected chi connectivity index (χ1v) is 10.7. The van der Waals surface area contributed by atoms with Gasteiger partial charge in [-0.05, 0) is 74.8 Å². The minimum Gasteiger partial charge on any atom is -0.493 e. The van der Waals surface area contributed by atoms with E-state index in [-0.39, 0.29) is 5.91 Å². The van der Waals surface area contributed by atoms with Crippen molar-refractivity contribution in [2.45, 2.75) is 45.1 Å². The molecule has 0 spiro atoms. The smallest absolute Gasteiger partial charge is 0.234 e. The second-order valence-electron chi connectivity index (χ2n) is 9.52. The van der Waals surface area contributed by atoms with Crippen LogP contribution in [0.15, 0.2) is 18.2 Å². The number of benzene rings is 1. The van der Waals surface area contributed by atoms with Crippen LogP contribution >= 0.6 is 0 Å². The fraction of sp³-hybridized carbons (Fsp3) is 0.696. The first-order chi connectivity index (χ1) is 13.5. The summed E-state index contributed by atoms with van der Waals surface area (Å²) in [7, 11) is 5.27. The molecule has 0 aliphatic heterocycles. The maximum atomic E-state index is 12.6. The van der Waals surface area contributed by atoms with Gasteiger partial charge in [-0.2, -0.15) is 0 Å². The van der Waals surface area contributed by atoms with Gasteiger partial charge in [0.1, 0.15) is 0 Å². The molecule has 1 amide bonds. The first kappa shape index (κ1) is 19.6. The monoisotopic (exact) mass is 386 g/mol. The number of rotatable bonds is 8. The lowest BCUT2D eigenvalue weighted by molar-refractivity contribution is -0.124. The van der Waals surface area contributed by atoms with Crippen LogP contribution in [0.1, 0.15) is 44.1 Å². The minimum absolute atomic E-state index is 0.125. The summed E-state index contributed by atoms with van der Waals surface area (Å²) in [4.78, 5) is 14.6. The van der Waals surface area contributed by atoms with Crippen LogP contribution < -0.4 is 14.8 Å². The van der Waals surface area contributed by atoms with Crippen molar-refractivity contribution in [3.8, 4) is 11.5 Å². The highest BCUT2D eigenvalue weighted by molar-refractivity contribution is 5.78. The standard InChI is InChI=1S/C23H34N2O3/c1-25(13-19-5-4-6-20(27-2)22(19)28-3)14-21(26)24-15-23-10-16-7-17(11-23)9-18(8-16)12-23/h4-6,16-18H,7-15H2,1-3H3,(H,24,26). The lowest BCUT2D eigenvalue weighted by Gasteiger charge is -2.56. The van der Waals surface area contributed by atoms with E-state index in [9.17, 15) is 4.79 Å². The molecule has 154 valence electrons. The van der Waals surface area contributed by atoms with Gasteiger partial charge in [-0.25, -0.2) is 0 Å². The van der Waals surface area contributed by atoms with E-state index in [1.54, 1.807) is 14.2 Å². The summed E-state index contributed by atoms with van der Waals surface area (Å²) in [5.74, 6) is 4.36. The van der Waals surface area contributed by atoms with Crippen molar-refractivity contribution in [1.82, 2.24) is 10.2 Å². The van der Waals surface area contributed by atoms with Crippen molar-refractivity contribution in [1.29, 1.82) is 0 Å². The zero-order valence-electron chi connectivity index (χ0n) is 17.5. The highest BCUT2D eigenvalue weighted by Gasteiger charge is 2.50. The lowest BCUT2D eigenvalue weighted by Crippen LogP contribution is -2.51. The Morgan fingerprint density at radius 1 is 1.11 bits per heavy atom. The van der Waals surface area contributed by atoms with Crippen LogP contribution in [0.25, 0.3) is 0 Å². The van der Waals surface area contributed by atoms with Crippen molar-refractivity contribution in [2.24, 2.45) is 23.2 Å². The van der Waals surface area contributed by atoms with E-state index in [1.807, 2.05) is 30.1 Å². The van der Waals surface area contributed by atoms with Gasteiger partial charge in [0.15, 0.2) is 11.5 Å². The van der Waals surface area contributed by atoms with Crippen molar-refractivity contribution >= 4 is 5.91 Å². The topological polar surface area (TPSA) is 50.8 Å². The van der Waals surface area contributed by atoms with Gasteiger partial charge in [-0.3, -0.25) is 9.69 Å². The van der Waals surface area contributed by atoms with Gasteiger partial charge in [0.2, 0.25) is 5.91 Å². The summed E-state index contributed by atoms with van der Waals surface area (Å²) < 4.78 is 10.9. The Kier molecular flexibility index (Phi) is 5.55. The summed E-state index contributed by atoms with van der Waals surface area (Å²) in [6.07, 6.45) is 8.32. The summed E-state index contributed by atoms with van der Waals surface area (Å²) in [6, 6.07) is 5.86. The molecule has 4 aliphatic rings. The average molecular weight is 387 g/mol. The summed E-state index contributed by atoms with van der Waals surface area (Å²) >= 11 is 0. The molecule has 0 heterocycles. The molecule has 0 radical (unpaired) electrons. The summed E-state index contributed by atoms with van der Waals surface area (Å²) in [6.45, 7) is 1.91. The van der Waals surface area contributed by atoms with E-state index in [0.29, 0.717) is 18.5 Å². The number of likely N-dealkylation sites (N-methyl/N-ethyl adjacent to an activating group) is 1. The predicted octanol–water partition coefficient (Wildman–Crippen LogP) is 3.47. The molecule has 5 nitrogen and oxygen atoms in total. The maximum absolute atomic E-state index is 12.6. The van der Waals surface area contributed by atoms with Crippen molar-refractivity contribution in [3.63, 3.8) is 0 Å². The number of carbonyl (C=O) groups is 1. The lowest BCUT2D eigenvalue weighted by atomic mass is 9.49. The zero-order chi connectivity index (χ0) is 19.7. The summed E-state index contributed by atoms with van der Waals surface area (Å²) in [5, 5.41) is 3.27. The molecule has 4 bridgehead atoms. The van der Waals surface area contributed by atoms with Crippen molar-refractivity contribution in [3.05, 3.63) is 23.8 Å². The number of amides is 1. The quantitative estimate of drug-likeness (QED) is 0.743. The number of hydrogen-bond donors (Lipinski definition) is 1. The SMILES string of the molecule is COc1cccc(CN(C)CC(=O)NCC23CC4CC(CC(C4)C2)C3)c1OC. The Morgan fingerprint density at radius 3 is 2.32 bits per heavy atom. The number of hydrogen-bond acceptors (Lipinski definition) is 4. The fourth-order valence-electron chi connectivity index (χ4n) is 6.52. The fourth-order valence-corrected chi connectivity index (χ4v) is 6.52. The van der Waals surface area contributed by atoms with Crippen LogP contribution in [-0.2, 0) is 11.3 Å². The molecule has 0 aromatic heterocycles. The van der Waals surface area contributed by atoms with Gasteiger partial charge >= 0.3 is 0 Å². The molecule has 4 fully saturated rings. The third-order valence-electron chi connectivity index (χ3n) is 7.16. The number of methoxy groups -OCH3 is 2. The van der Waals surface area contributed by atoms with E-state index in [0.717, 1.165) is 41.4 Å². The van der Waals surface area contributed by atoms with Crippen LogP contribution in [0.2, 0.25) is 0 Å². The molecule has 4 aliphatic carbocycles. The van der Waals surface area contributed by atoms with E-state index in [1.165, 1.54) is 38.5 Å². The van der Waals surface area contributed by atoms with Gasteiger partial charge in [0.25, 0.3) is 0 Å². The largest absolute Gasteiger partial charge is 0.493 e. The van der Waals surface area contributed by atoms with Gasteiger partial charge in [0, 0.05) is 18.7 Å². The first-order valence-electron chi connectivity index (χ1n) is 10.7. The predicted molar refractivity (Wildman–Crippen MR) is 109 cm³/mol. The number of ether oxygens (including phenoxy) is 2. The average Bonchev–Trinajstić information content (AvgIpc) is 2.65. The minimum atomic E-state index is 0.125. The number of para-hydroxylation sites is 1. The third kappa shape index (κ3) is 4.00. The van der Waals surface area contributed by atoms with Crippen LogP contribution in [0.5, 0.6) is 11.5 Å². The second kappa shape index (κ2) is 7.94. The maximum Gasteiger partial charge on any atom is 0.234 e. The number of carbonyl (C=O) groups excluding carboxylic acids is 1. The highest BCUT2D eigenvalue weighted by Crippen LogP contribution is 2.59. The Bertz CT molecular complexity index is 683. The molecule has 5 heteroatoms. The van der Waals surface area contributed by atoms with E-state index in [2.05, 4.69) is 5.32 Å². The van der Waals surface area contributed by atoms with Crippen LogP contribution in [0.3, 0.4) is 0 Å². The Labute approximate surface area is 168 Å². The van der Waals surface area contributed by atoms with Gasteiger partial charge in [-0.15, -0.1) is 0 Å². The molecule has 4 saturated carbocycles. The summed E-state index contributed by atoms with van der Waals surface area (Å²) in [5.41, 5.74) is 1.41. The van der Waals surface area contributed by atoms with Gasteiger partial charge in [0.05, 0.1) is 20.8 Å². The molecule has 1 N–H and O–H groups in total. The molecule has 0 saturated heterocycles. The van der Waals surface area contributed by atoms with Crippen molar-refractivity contribution in [2.75, 3.05) is 34.4 Å². The second-order valence-corrected chi connectivity index (χ2v) is 9.52. The molecule has 28 heavy (non-hydrogen) atoms. The van der Waals surface area contributed by atoms with Crippen LogP contribution in [0, 0.1) is 23.2 Å². The molecular weight excluding hydrogens is 352 g/mol. The molecule has 0 atom stereocenters. The van der Waals surface area contributed by atoms with E-state index >= 15 is 0 Å². The van der Waals surface area contributed by atoms with Crippen LogP contribution in [-0.4, -0.2) is 45.2 Å². The normalized spacial score (nSPS) is 30.5. The van der Waals surface area contributed by atoms with Gasteiger partial charge < -0.3 is 14.8 Å². The molecule has 5 rings (SSSR count). The Hall–Kier alpha value is -1.75. The van der Waals surface area contributed by atoms with E-state index < -0.39 is 0 Å². The highest BCUT2D eigenvalue weighted by atomic mass is 16.5. The van der Waals surface area contributed by atoms with E-state index in [4.69, 9.17) is 9.47 Å². The molecule has 0 unspecified atom stereocenters. The molecule has 1 aromatic rings. The number of nitrogens with zero attached hydrogens (tertiary/aromatic N) is 1. The Balaban J connectivity index is 1.30. The third-order valence-corrected chi connectivity index (χ3v) is 7.16.